The van der Waals surface area contributed by atoms with E-state index in [0.29, 0.717) is 46.7 Å². The average Bonchev–Trinajstić information content (AvgIpc) is 3.83. The maximum atomic E-state index is 13.6. The van der Waals surface area contributed by atoms with Gasteiger partial charge in [0.15, 0.2) is 5.13 Å². The molecule has 7 rings (SSSR count). The van der Waals surface area contributed by atoms with Crippen molar-refractivity contribution in [3.8, 4) is 28.5 Å². The fraction of sp³-hybridized carbons (Fsp3) is 0.378. The number of pyridine rings is 1. The number of ether oxygens (including phenoxy) is 1. The third-order valence-electron chi connectivity index (χ3n) is 9.13. The number of aromatic nitrogens is 5. The van der Waals surface area contributed by atoms with Gasteiger partial charge in [0.1, 0.15) is 45.6 Å². The fourth-order valence-electron chi connectivity index (χ4n) is 6.52. The number of carbonyl (C=O) groups is 2. The van der Waals surface area contributed by atoms with Crippen molar-refractivity contribution >= 4 is 45.9 Å². The number of anilines is 3. The van der Waals surface area contributed by atoms with Crippen LogP contribution in [0.5, 0.6) is 0 Å². The second kappa shape index (κ2) is 14.1. The number of likely N-dealkylation sites (tertiary alicyclic amines) is 1. The maximum Gasteiger partial charge on any atom is 0.411 e. The molecule has 14 nitrogen and oxygen atoms in total. The number of halogens is 1. The zero-order valence-electron chi connectivity index (χ0n) is 29.9. The van der Waals surface area contributed by atoms with Crippen molar-refractivity contribution in [2.24, 2.45) is 0 Å². The summed E-state index contributed by atoms with van der Waals surface area (Å²) < 4.78 is 21.0. The minimum Gasteiger partial charge on any atom is -0.444 e. The average molecular weight is 739 g/mol. The number of imidazole rings is 1. The first-order valence-electron chi connectivity index (χ1n) is 17.3. The van der Waals surface area contributed by atoms with Crippen molar-refractivity contribution in [3.63, 3.8) is 0 Å². The van der Waals surface area contributed by atoms with Crippen LogP contribution >= 0.6 is 11.3 Å². The molecular weight excluding hydrogens is 700 g/mol. The molecule has 0 aliphatic carbocycles. The number of thiazole rings is 1. The molecule has 0 unspecified atom stereocenters. The van der Waals surface area contributed by atoms with Gasteiger partial charge in [0.25, 0.3) is 0 Å². The lowest BCUT2D eigenvalue weighted by atomic mass is 10.1. The normalized spacial score (nSPS) is 17.5. The van der Waals surface area contributed by atoms with Gasteiger partial charge >= 0.3 is 6.09 Å². The number of benzene rings is 1. The Morgan fingerprint density at radius 2 is 1.77 bits per heavy atom. The van der Waals surface area contributed by atoms with Gasteiger partial charge in [0.2, 0.25) is 11.9 Å². The van der Waals surface area contributed by atoms with Crippen LogP contribution in [0.25, 0.3) is 28.0 Å². The molecule has 53 heavy (non-hydrogen) atoms. The Morgan fingerprint density at radius 3 is 2.43 bits per heavy atom. The highest BCUT2D eigenvalue weighted by molar-refractivity contribution is 7.16. The van der Waals surface area contributed by atoms with Crippen LogP contribution in [-0.4, -0.2) is 96.8 Å². The van der Waals surface area contributed by atoms with Gasteiger partial charge in [-0.05, 0) is 63.6 Å². The molecule has 274 valence electrons. The van der Waals surface area contributed by atoms with E-state index in [0.717, 1.165) is 28.3 Å². The summed E-state index contributed by atoms with van der Waals surface area (Å²) in [5, 5.41) is 23.7. The molecule has 2 N–H and O–H groups in total. The Hall–Kier alpha value is -5.66. The van der Waals surface area contributed by atoms with Crippen LogP contribution in [0, 0.1) is 17.1 Å². The van der Waals surface area contributed by atoms with E-state index in [1.54, 1.807) is 45.3 Å². The van der Waals surface area contributed by atoms with Gasteiger partial charge < -0.3 is 25.0 Å². The number of amides is 2. The summed E-state index contributed by atoms with van der Waals surface area (Å²) in [7, 11) is 1.89. The highest BCUT2D eigenvalue weighted by atomic mass is 32.1. The number of β-amino-alcohol motifs (C(OH)–C–C–N with tert-alkyl or cyclic N) is 1. The quantitative estimate of drug-likeness (QED) is 0.222. The monoisotopic (exact) mass is 738 g/mol. The Bertz CT molecular complexity index is 2200. The summed E-state index contributed by atoms with van der Waals surface area (Å²) in [6, 6.07) is 11.1. The van der Waals surface area contributed by atoms with E-state index in [9.17, 15) is 24.3 Å². The lowest BCUT2D eigenvalue weighted by Crippen LogP contribution is -2.62. The second-order valence-electron chi connectivity index (χ2n) is 14.2. The first kappa shape index (κ1) is 35.7. The summed E-state index contributed by atoms with van der Waals surface area (Å²) in [5.74, 6) is 0.646. The first-order chi connectivity index (χ1) is 25.3. The van der Waals surface area contributed by atoms with Gasteiger partial charge in [0.05, 0.1) is 24.4 Å². The molecule has 2 amide bonds. The van der Waals surface area contributed by atoms with E-state index in [-0.39, 0.29) is 30.7 Å². The van der Waals surface area contributed by atoms with Crippen LogP contribution in [0.2, 0.25) is 0 Å². The number of aliphatic hydroxyl groups excluding tert-OH is 1. The first-order valence-corrected chi connectivity index (χ1v) is 18.1. The molecule has 1 aromatic carbocycles. The summed E-state index contributed by atoms with van der Waals surface area (Å²) in [6.45, 7) is 8.34. The van der Waals surface area contributed by atoms with Crippen molar-refractivity contribution in [3.05, 3.63) is 71.4 Å². The number of nitrogens with one attached hydrogen (secondary N) is 1. The molecule has 2 aliphatic rings. The van der Waals surface area contributed by atoms with Gasteiger partial charge in [0, 0.05) is 61.8 Å². The number of aliphatic hydroxyl groups is 1. The number of rotatable bonds is 8. The fourth-order valence-corrected chi connectivity index (χ4v) is 7.36. The van der Waals surface area contributed by atoms with Gasteiger partial charge in [-0.15, -0.1) is 0 Å². The highest BCUT2D eigenvalue weighted by Crippen LogP contribution is 2.37. The Kier molecular flexibility index (Phi) is 9.47. The summed E-state index contributed by atoms with van der Waals surface area (Å²) >= 11 is 1.26. The molecular formula is C37H39FN10O4S. The predicted molar refractivity (Wildman–Crippen MR) is 197 cm³/mol. The highest BCUT2D eigenvalue weighted by Gasteiger charge is 2.42. The van der Waals surface area contributed by atoms with E-state index >= 15 is 0 Å². The molecule has 0 saturated carbocycles. The zero-order valence-corrected chi connectivity index (χ0v) is 30.8. The van der Waals surface area contributed by atoms with Gasteiger partial charge in [-0.1, -0.05) is 18.3 Å². The lowest BCUT2D eigenvalue weighted by molar-refractivity contribution is -0.126. The molecule has 0 bridgehead atoms. The number of hydrogen-bond acceptors (Lipinski definition) is 12. The van der Waals surface area contributed by atoms with Crippen LogP contribution in [0.1, 0.15) is 44.7 Å². The number of nitrogens with zero attached hydrogens (tertiary/aromatic N) is 9. The van der Waals surface area contributed by atoms with E-state index in [1.807, 2.05) is 46.5 Å². The second-order valence-corrected chi connectivity index (χ2v) is 15.1. The molecule has 2 aliphatic heterocycles. The molecule has 0 spiro atoms. The molecule has 16 heteroatoms. The van der Waals surface area contributed by atoms with Crippen LogP contribution < -0.4 is 15.1 Å². The Morgan fingerprint density at radius 1 is 1.08 bits per heavy atom. The summed E-state index contributed by atoms with van der Waals surface area (Å²) in [5.41, 5.74) is 3.70. The van der Waals surface area contributed by atoms with Crippen LogP contribution in [-0.2, 0) is 16.0 Å². The summed E-state index contributed by atoms with van der Waals surface area (Å²) in [4.78, 5) is 50.3. The van der Waals surface area contributed by atoms with Crippen LogP contribution in [0.4, 0.5) is 26.1 Å². The lowest BCUT2D eigenvalue weighted by Gasteiger charge is -2.40. The molecule has 2 fully saturated rings. The number of nitriles is 1. The van der Waals surface area contributed by atoms with E-state index < -0.39 is 23.8 Å². The molecule has 6 heterocycles. The van der Waals surface area contributed by atoms with Gasteiger partial charge in [-0.2, -0.15) is 5.26 Å². The SMILES string of the molecule is CCc1nc2ccc(-c3cnc(N4CC(NC(=O)[C@H]5C[C@@H](O)CN5C(=O)OC(C)(C)C)C4)nc3)cn2c1N(C)c1nc(-c2ccc(F)cc2)c(C#N)s1. The van der Waals surface area contributed by atoms with Gasteiger partial charge in [-0.3, -0.25) is 14.1 Å². The minimum absolute atomic E-state index is 0.0459. The van der Waals surface area contributed by atoms with E-state index in [4.69, 9.17) is 14.7 Å². The van der Waals surface area contributed by atoms with Crippen molar-refractivity contribution in [1.29, 1.82) is 5.26 Å². The number of carbonyl (C=O) groups excluding carboxylic acids is 2. The molecule has 5 aromatic rings. The van der Waals surface area contributed by atoms with Crippen LogP contribution in [0.3, 0.4) is 0 Å². The molecule has 2 atom stereocenters. The largest absolute Gasteiger partial charge is 0.444 e. The van der Waals surface area contributed by atoms with Crippen molar-refractivity contribution in [1.82, 2.24) is 34.6 Å². The molecule has 2 saturated heterocycles. The van der Waals surface area contributed by atoms with E-state index in [2.05, 4.69) is 21.4 Å². The predicted octanol–water partition coefficient (Wildman–Crippen LogP) is 4.93. The third-order valence-corrected chi connectivity index (χ3v) is 10.2. The van der Waals surface area contributed by atoms with Crippen LogP contribution in [0.15, 0.2) is 55.0 Å². The van der Waals surface area contributed by atoms with Gasteiger partial charge in [-0.25, -0.2) is 29.1 Å². The van der Waals surface area contributed by atoms with E-state index in [1.165, 1.54) is 28.4 Å². The molecule has 4 aromatic heterocycles. The zero-order chi connectivity index (χ0) is 37.6. The maximum absolute atomic E-state index is 13.6. The smallest absolute Gasteiger partial charge is 0.411 e. The Labute approximate surface area is 309 Å². The van der Waals surface area contributed by atoms with Crippen molar-refractivity contribution in [2.75, 3.05) is 36.5 Å². The molecule has 0 radical (unpaired) electrons. The standard InChI is InChI=1S/C37H39FN10O4S/c1-6-27-33(45(5)35-44-31(29(14-39)53-35)21-7-10-24(38)11-8-21)48-17-22(9-12-30(48)43-27)23-15-40-34(41-16-23)46-18-25(19-46)42-32(50)28-13-26(49)20-47(28)36(51)52-37(2,3)4/h7-12,15-17,25-26,28,49H,6,13,18-20H2,1-5H3,(H,42,50)/t26-,28-/m1/s1. The Balaban J connectivity index is 1.04. The minimum atomic E-state index is -0.804. The number of aryl methyl sites for hydroxylation is 1. The van der Waals surface area contributed by atoms with Crippen molar-refractivity contribution < 1.29 is 23.8 Å². The third kappa shape index (κ3) is 7.22. The summed E-state index contributed by atoms with van der Waals surface area (Å²) in [6.07, 6.45) is 4.88. The van der Waals surface area contributed by atoms with Crippen molar-refractivity contribution in [2.45, 2.75) is 64.3 Å². The topological polar surface area (TPSA) is 165 Å². The number of fused-ring (bicyclic) bond motifs is 1. The number of hydrogen-bond donors (Lipinski definition) is 2.